The van der Waals surface area contributed by atoms with Crippen molar-refractivity contribution in [3.8, 4) is 0 Å². The summed E-state index contributed by atoms with van der Waals surface area (Å²) in [6, 6.07) is 6.61. The first kappa shape index (κ1) is 13.6. The number of nitrogens with zero attached hydrogens (tertiary/aromatic N) is 2. The molecule has 0 radical (unpaired) electrons. The number of carbonyl (C=O) groups excluding carboxylic acids is 2. The zero-order chi connectivity index (χ0) is 14.1. The standard InChI is InChI=1S/C15H17ClN2O2/c16-11-5-4-6-12(9-11)18-14(19)10-13(15(18)20)17-7-2-1-3-8-17/h4-6,9,13H,1-3,7-8,10H2/t13-/m0/s1. The minimum Gasteiger partial charge on any atom is -0.292 e. The maximum Gasteiger partial charge on any atom is 0.251 e. The van der Waals surface area contributed by atoms with Gasteiger partial charge in [0.05, 0.1) is 18.2 Å². The molecule has 1 aromatic rings. The van der Waals surface area contributed by atoms with Crippen molar-refractivity contribution in [1.29, 1.82) is 0 Å². The lowest BCUT2D eigenvalue weighted by Crippen LogP contribution is -2.44. The third-order valence-electron chi connectivity index (χ3n) is 4.02. The summed E-state index contributed by atoms with van der Waals surface area (Å²) in [6.45, 7) is 1.82. The fourth-order valence-electron chi connectivity index (χ4n) is 3.02. The van der Waals surface area contributed by atoms with Crippen LogP contribution in [0.2, 0.25) is 5.02 Å². The molecule has 0 bridgehead atoms. The van der Waals surface area contributed by atoms with Crippen LogP contribution in [-0.2, 0) is 9.59 Å². The number of amides is 2. The molecule has 0 spiro atoms. The third-order valence-corrected chi connectivity index (χ3v) is 4.26. The molecule has 1 aromatic carbocycles. The van der Waals surface area contributed by atoms with Gasteiger partial charge in [-0.3, -0.25) is 14.5 Å². The quantitative estimate of drug-likeness (QED) is 0.786. The molecule has 0 unspecified atom stereocenters. The first-order valence-corrected chi connectivity index (χ1v) is 7.41. The smallest absolute Gasteiger partial charge is 0.251 e. The summed E-state index contributed by atoms with van der Waals surface area (Å²) in [5.41, 5.74) is 0.576. The van der Waals surface area contributed by atoms with E-state index in [1.165, 1.54) is 11.3 Å². The number of hydrogen-bond donors (Lipinski definition) is 0. The van der Waals surface area contributed by atoms with E-state index in [9.17, 15) is 9.59 Å². The lowest BCUT2D eigenvalue weighted by atomic mass is 10.1. The molecule has 1 atom stereocenters. The van der Waals surface area contributed by atoms with Crippen LogP contribution in [0.5, 0.6) is 0 Å². The molecule has 2 amide bonds. The van der Waals surface area contributed by atoms with Gasteiger partial charge in [-0.05, 0) is 44.1 Å². The van der Waals surface area contributed by atoms with Crippen LogP contribution in [0, 0.1) is 0 Å². The van der Waals surface area contributed by atoms with E-state index >= 15 is 0 Å². The van der Waals surface area contributed by atoms with Gasteiger partial charge in [-0.1, -0.05) is 24.1 Å². The van der Waals surface area contributed by atoms with Crippen molar-refractivity contribution < 1.29 is 9.59 Å². The maximum atomic E-state index is 12.5. The highest BCUT2D eigenvalue weighted by atomic mass is 35.5. The molecule has 3 rings (SSSR count). The molecule has 20 heavy (non-hydrogen) atoms. The second kappa shape index (κ2) is 5.54. The Balaban J connectivity index is 1.83. The topological polar surface area (TPSA) is 40.6 Å². The van der Waals surface area contributed by atoms with Crippen molar-refractivity contribution in [2.45, 2.75) is 31.7 Å². The van der Waals surface area contributed by atoms with Gasteiger partial charge in [0, 0.05) is 5.02 Å². The minimum atomic E-state index is -0.290. The molecular weight excluding hydrogens is 276 g/mol. The average Bonchev–Trinajstić information content (AvgIpc) is 2.75. The Bertz CT molecular complexity index is 540. The molecule has 2 aliphatic heterocycles. The second-order valence-electron chi connectivity index (χ2n) is 5.36. The monoisotopic (exact) mass is 292 g/mol. The highest BCUT2D eigenvalue weighted by Gasteiger charge is 2.42. The van der Waals surface area contributed by atoms with Gasteiger partial charge in [-0.25, -0.2) is 4.90 Å². The van der Waals surface area contributed by atoms with Gasteiger partial charge < -0.3 is 0 Å². The lowest BCUT2D eigenvalue weighted by Gasteiger charge is -2.30. The first-order chi connectivity index (χ1) is 9.66. The fourth-order valence-corrected chi connectivity index (χ4v) is 3.20. The Morgan fingerprint density at radius 1 is 1.10 bits per heavy atom. The highest BCUT2D eigenvalue weighted by Crippen LogP contribution is 2.28. The number of likely N-dealkylation sites (tertiary alicyclic amines) is 1. The highest BCUT2D eigenvalue weighted by molar-refractivity contribution is 6.31. The average molecular weight is 293 g/mol. The summed E-state index contributed by atoms with van der Waals surface area (Å²) in [7, 11) is 0. The van der Waals surface area contributed by atoms with Crippen LogP contribution in [0.15, 0.2) is 24.3 Å². The molecule has 0 saturated carbocycles. The molecule has 2 fully saturated rings. The van der Waals surface area contributed by atoms with E-state index in [2.05, 4.69) is 4.90 Å². The number of imide groups is 1. The van der Waals surface area contributed by atoms with Gasteiger partial charge in [0.1, 0.15) is 0 Å². The summed E-state index contributed by atoms with van der Waals surface area (Å²) in [6.07, 6.45) is 3.71. The van der Waals surface area contributed by atoms with Gasteiger partial charge in [-0.15, -0.1) is 0 Å². The molecule has 106 valence electrons. The number of rotatable bonds is 2. The summed E-state index contributed by atoms with van der Waals surface area (Å²) in [5, 5.41) is 0.532. The van der Waals surface area contributed by atoms with Crippen LogP contribution in [0.25, 0.3) is 0 Å². The predicted octanol–water partition coefficient (Wildman–Crippen LogP) is 2.46. The maximum absolute atomic E-state index is 12.5. The van der Waals surface area contributed by atoms with E-state index in [0.29, 0.717) is 10.7 Å². The van der Waals surface area contributed by atoms with Gasteiger partial charge in [-0.2, -0.15) is 0 Å². The van der Waals surface area contributed by atoms with Crippen LogP contribution >= 0.6 is 11.6 Å². The number of halogens is 1. The minimum absolute atomic E-state index is 0.112. The van der Waals surface area contributed by atoms with E-state index in [0.717, 1.165) is 25.9 Å². The molecular formula is C15H17ClN2O2. The van der Waals surface area contributed by atoms with Gasteiger partial charge in [0.25, 0.3) is 5.91 Å². The van der Waals surface area contributed by atoms with Crippen molar-refractivity contribution in [2.24, 2.45) is 0 Å². The molecule has 0 aromatic heterocycles. The van der Waals surface area contributed by atoms with E-state index < -0.39 is 0 Å². The van der Waals surface area contributed by atoms with E-state index in [1.54, 1.807) is 24.3 Å². The van der Waals surface area contributed by atoms with Gasteiger partial charge >= 0.3 is 0 Å². The molecule has 5 heteroatoms. The zero-order valence-corrected chi connectivity index (χ0v) is 12.0. The number of piperidine rings is 1. The molecule has 2 heterocycles. The second-order valence-corrected chi connectivity index (χ2v) is 5.80. The number of anilines is 1. The largest absolute Gasteiger partial charge is 0.292 e. The molecule has 4 nitrogen and oxygen atoms in total. The van der Waals surface area contributed by atoms with Crippen molar-refractivity contribution in [3.05, 3.63) is 29.3 Å². The lowest BCUT2D eigenvalue weighted by molar-refractivity contribution is -0.123. The Hall–Kier alpha value is -1.39. The Morgan fingerprint density at radius 2 is 1.85 bits per heavy atom. The fraction of sp³-hybridized carbons (Fsp3) is 0.467. The van der Waals surface area contributed by atoms with Gasteiger partial charge in [0.15, 0.2) is 0 Å². The van der Waals surface area contributed by atoms with E-state index in [4.69, 9.17) is 11.6 Å². The SMILES string of the molecule is O=C1C[C@H](N2CCCCC2)C(=O)N1c1cccc(Cl)c1. The zero-order valence-electron chi connectivity index (χ0n) is 11.2. The molecule has 0 N–H and O–H groups in total. The predicted molar refractivity (Wildman–Crippen MR) is 77.8 cm³/mol. The number of hydrogen-bond acceptors (Lipinski definition) is 3. The number of benzene rings is 1. The van der Waals surface area contributed by atoms with Crippen LogP contribution in [-0.4, -0.2) is 35.8 Å². The summed E-state index contributed by atoms with van der Waals surface area (Å²) in [5.74, 6) is -0.244. The van der Waals surface area contributed by atoms with Crippen LogP contribution in [0.1, 0.15) is 25.7 Å². The molecule has 2 saturated heterocycles. The summed E-state index contributed by atoms with van der Waals surface area (Å²) < 4.78 is 0. The first-order valence-electron chi connectivity index (χ1n) is 7.03. The molecule has 0 aliphatic carbocycles. The Morgan fingerprint density at radius 3 is 2.55 bits per heavy atom. The Labute approximate surface area is 123 Å². The molecule has 2 aliphatic rings. The normalized spacial score (nSPS) is 24.4. The van der Waals surface area contributed by atoms with Crippen LogP contribution in [0.4, 0.5) is 5.69 Å². The van der Waals surface area contributed by atoms with E-state index in [1.807, 2.05) is 0 Å². The van der Waals surface area contributed by atoms with Crippen molar-refractivity contribution in [2.75, 3.05) is 18.0 Å². The Kier molecular flexibility index (Phi) is 3.76. The summed E-state index contributed by atoms with van der Waals surface area (Å²) in [4.78, 5) is 28.2. The van der Waals surface area contributed by atoms with E-state index in [-0.39, 0.29) is 24.3 Å². The van der Waals surface area contributed by atoms with Crippen LogP contribution in [0.3, 0.4) is 0 Å². The van der Waals surface area contributed by atoms with Gasteiger partial charge in [0.2, 0.25) is 5.91 Å². The number of carbonyl (C=O) groups is 2. The third kappa shape index (κ3) is 2.45. The summed E-state index contributed by atoms with van der Waals surface area (Å²) >= 11 is 5.94. The van der Waals surface area contributed by atoms with Crippen molar-refractivity contribution in [3.63, 3.8) is 0 Å². The van der Waals surface area contributed by atoms with Crippen molar-refractivity contribution >= 4 is 29.1 Å². The van der Waals surface area contributed by atoms with Crippen molar-refractivity contribution in [1.82, 2.24) is 4.90 Å². The van der Waals surface area contributed by atoms with Crippen LogP contribution < -0.4 is 4.90 Å².